The van der Waals surface area contributed by atoms with Crippen LogP contribution >= 0.6 is 11.6 Å². The summed E-state index contributed by atoms with van der Waals surface area (Å²) in [5.41, 5.74) is 0.265. The number of benzene rings is 3. The highest BCUT2D eigenvalue weighted by Crippen LogP contribution is 2.26. The van der Waals surface area contributed by atoms with Crippen molar-refractivity contribution in [1.82, 2.24) is 10.2 Å². The summed E-state index contributed by atoms with van der Waals surface area (Å²) in [4.78, 5) is 28.1. The summed E-state index contributed by atoms with van der Waals surface area (Å²) in [5, 5.41) is 3.26. The fourth-order valence-electron chi connectivity index (χ4n) is 3.70. The molecule has 0 fully saturated rings. The number of anilines is 1. The van der Waals surface area contributed by atoms with Crippen molar-refractivity contribution in [3.63, 3.8) is 0 Å². The molecule has 3 aromatic rings. The number of hydrogen-bond donors (Lipinski definition) is 1. The lowest BCUT2D eigenvalue weighted by molar-refractivity contribution is -0.140. The third-order valence-corrected chi connectivity index (χ3v) is 7.70. The van der Waals surface area contributed by atoms with Crippen molar-refractivity contribution >= 4 is 39.1 Å². The molecule has 202 valence electrons. The lowest BCUT2D eigenvalue weighted by Gasteiger charge is -2.33. The number of rotatable bonds is 9. The van der Waals surface area contributed by atoms with Gasteiger partial charge < -0.3 is 10.2 Å². The first-order valence-electron chi connectivity index (χ1n) is 12.0. The van der Waals surface area contributed by atoms with Crippen molar-refractivity contribution in [2.45, 2.75) is 50.7 Å². The van der Waals surface area contributed by atoms with E-state index in [0.717, 1.165) is 4.31 Å². The number of halogens is 2. The van der Waals surface area contributed by atoms with Crippen LogP contribution in [0, 0.1) is 5.82 Å². The van der Waals surface area contributed by atoms with Gasteiger partial charge in [-0.05, 0) is 81.8 Å². The number of carbonyl (C=O) groups is 2. The van der Waals surface area contributed by atoms with Crippen molar-refractivity contribution in [1.29, 1.82) is 0 Å². The van der Waals surface area contributed by atoms with Gasteiger partial charge in [0.25, 0.3) is 10.0 Å². The smallest absolute Gasteiger partial charge is 0.264 e. The van der Waals surface area contributed by atoms with Crippen molar-refractivity contribution in [2.24, 2.45) is 0 Å². The maximum atomic E-state index is 13.8. The number of carbonyl (C=O) groups excluding carboxylic acids is 2. The average molecular weight is 560 g/mol. The Morgan fingerprint density at radius 1 is 0.947 bits per heavy atom. The van der Waals surface area contributed by atoms with Crippen molar-refractivity contribution in [2.75, 3.05) is 10.8 Å². The molecule has 0 aliphatic carbocycles. The van der Waals surface area contributed by atoms with E-state index in [-0.39, 0.29) is 17.1 Å². The van der Waals surface area contributed by atoms with Gasteiger partial charge in [0.05, 0.1) is 10.6 Å². The second kappa shape index (κ2) is 12.0. The number of sulfonamides is 1. The fraction of sp³-hybridized carbons (Fsp3) is 0.286. The predicted molar refractivity (Wildman–Crippen MR) is 147 cm³/mol. The summed E-state index contributed by atoms with van der Waals surface area (Å²) >= 11 is 6.02. The molecule has 0 saturated carbocycles. The van der Waals surface area contributed by atoms with E-state index in [2.05, 4.69) is 5.32 Å². The Hall–Kier alpha value is -3.43. The monoisotopic (exact) mass is 559 g/mol. The first-order valence-corrected chi connectivity index (χ1v) is 13.8. The molecule has 7 nitrogen and oxygen atoms in total. The Morgan fingerprint density at radius 2 is 1.53 bits per heavy atom. The van der Waals surface area contributed by atoms with Crippen LogP contribution in [0.25, 0.3) is 0 Å². The van der Waals surface area contributed by atoms with E-state index in [1.807, 2.05) is 20.8 Å². The van der Waals surface area contributed by atoms with E-state index in [0.29, 0.717) is 10.6 Å². The van der Waals surface area contributed by atoms with Gasteiger partial charge in [-0.15, -0.1) is 0 Å². The number of nitrogens with one attached hydrogen (secondary N) is 1. The molecule has 3 rings (SSSR count). The van der Waals surface area contributed by atoms with Crippen LogP contribution < -0.4 is 9.62 Å². The van der Waals surface area contributed by atoms with Gasteiger partial charge in [0.1, 0.15) is 18.4 Å². The van der Waals surface area contributed by atoms with E-state index in [1.54, 1.807) is 25.1 Å². The van der Waals surface area contributed by atoms with E-state index in [4.69, 9.17) is 11.6 Å². The zero-order valence-electron chi connectivity index (χ0n) is 21.7. The second-order valence-electron chi connectivity index (χ2n) is 9.86. The summed E-state index contributed by atoms with van der Waals surface area (Å²) in [6.45, 7) is 6.42. The molecule has 3 aromatic carbocycles. The summed E-state index contributed by atoms with van der Waals surface area (Å²) in [7, 11) is -4.16. The Balaban J connectivity index is 2.01. The Labute approximate surface area is 228 Å². The van der Waals surface area contributed by atoms with Crippen LogP contribution in [0.1, 0.15) is 33.3 Å². The molecule has 0 aliphatic heterocycles. The normalized spacial score (nSPS) is 12.5. The molecule has 0 bridgehead atoms. The van der Waals surface area contributed by atoms with Gasteiger partial charge in [0.2, 0.25) is 11.8 Å². The number of amides is 2. The molecule has 0 saturated heterocycles. The SMILES string of the molecule is CC(C(=O)NC(C)(C)C)N(Cc1ccc(F)cc1)C(=O)CN(c1ccc(Cl)cc1)S(=O)(=O)c1ccccc1. The molecule has 1 N–H and O–H groups in total. The number of nitrogens with zero attached hydrogens (tertiary/aromatic N) is 2. The minimum Gasteiger partial charge on any atom is -0.350 e. The quantitative estimate of drug-likeness (QED) is 0.399. The van der Waals surface area contributed by atoms with Crippen molar-refractivity contribution in [3.05, 3.63) is 95.3 Å². The summed E-state index contributed by atoms with van der Waals surface area (Å²) in [6.07, 6.45) is 0. The third-order valence-electron chi connectivity index (χ3n) is 5.66. The van der Waals surface area contributed by atoms with Crippen molar-refractivity contribution < 1.29 is 22.4 Å². The lowest BCUT2D eigenvalue weighted by Crippen LogP contribution is -2.54. The standard InChI is InChI=1S/C28H31ClFN3O4S/c1-20(27(35)31-28(2,3)4)32(18-21-10-14-23(30)15-11-21)26(34)19-33(24-16-12-22(29)13-17-24)38(36,37)25-8-6-5-7-9-25/h5-17,20H,18-19H2,1-4H3,(H,31,35). The van der Waals surface area contributed by atoms with Gasteiger partial charge in [-0.2, -0.15) is 0 Å². The predicted octanol–water partition coefficient (Wildman–Crippen LogP) is 5.01. The molecule has 1 atom stereocenters. The highest BCUT2D eigenvalue weighted by Gasteiger charge is 2.33. The van der Waals surface area contributed by atoms with Crippen LogP contribution in [0.2, 0.25) is 5.02 Å². The average Bonchev–Trinajstić information content (AvgIpc) is 2.86. The largest absolute Gasteiger partial charge is 0.350 e. The highest BCUT2D eigenvalue weighted by atomic mass is 35.5. The van der Waals surface area contributed by atoms with Crippen LogP contribution in [0.4, 0.5) is 10.1 Å². The minimum absolute atomic E-state index is 0.00589. The molecule has 0 aromatic heterocycles. The van der Waals surface area contributed by atoms with Crippen LogP contribution in [0.5, 0.6) is 0 Å². The van der Waals surface area contributed by atoms with E-state index < -0.39 is 45.8 Å². The zero-order chi connectivity index (χ0) is 28.1. The molecule has 0 spiro atoms. The second-order valence-corrected chi connectivity index (χ2v) is 12.2. The van der Waals surface area contributed by atoms with Gasteiger partial charge in [-0.25, -0.2) is 12.8 Å². The minimum atomic E-state index is -4.16. The van der Waals surface area contributed by atoms with Crippen LogP contribution in [0.3, 0.4) is 0 Å². The molecule has 1 unspecified atom stereocenters. The van der Waals surface area contributed by atoms with Gasteiger partial charge >= 0.3 is 0 Å². The van der Waals surface area contributed by atoms with E-state index in [1.165, 1.54) is 65.6 Å². The third kappa shape index (κ3) is 7.55. The van der Waals surface area contributed by atoms with E-state index >= 15 is 0 Å². The van der Waals surface area contributed by atoms with Gasteiger partial charge in [0, 0.05) is 17.1 Å². The van der Waals surface area contributed by atoms with Crippen LogP contribution in [-0.2, 0) is 26.2 Å². The lowest BCUT2D eigenvalue weighted by atomic mass is 10.1. The fourth-order valence-corrected chi connectivity index (χ4v) is 5.26. The summed E-state index contributed by atoms with van der Waals surface area (Å²) in [5.74, 6) is -1.45. The molecule has 0 aliphatic rings. The maximum absolute atomic E-state index is 13.8. The van der Waals surface area contributed by atoms with Gasteiger partial charge in [-0.3, -0.25) is 13.9 Å². The zero-order valence-corrected chi connectivity index (χ0v) is 23.3. The number of hydrogen-bond acceptors (Lipinski definition) is 4. The Kier molecular flexibility index (Phi) is 9.17. The molecule has 0 radical (unpaired) electrons. The molecule has 10 heteroatoms. The summed E-state index contributed by atoms with van der Waals surface area (Å²) in [6, 6.07) is 18.5. The Bertz CT molecular complexity index is 1360. The van der Waals surface area contributed by atoms with Crippen molar-refractivity contribution in [3.8, 4) is 0 Å². The molecular weight excluding hydrogens is 529 g/mol. The molecule has 2 amide bonds. The van der Waals surface area contributed by atoms with Crippen LogP contribution in [0.15, 0.2) is 83.8 Å². The molecule has 38 heavy (non-hydrogen) atoms. The van der Waals surface area contributed by atoms with Gasteiger partial charge in [-0.1, -0.05) is 41.9 Å². The molecule has 0 heterocycles. The maximum Gasteiger partial charge on any atom is 0.264 e. The Morgan fingerprint density at radius 3 is 2.08 bits per heavy atom. The summed E-state index contributed by atoms with van der Waals surface area (Å²) < 4.78 is 41.8. The first-order chi connectivity index (χ1) is 17.8. The van der Waals surface area contributed by atoms with Gasteiger partial charge in [0.15, 0.2) is 0 Å². The van der Waals surface area contributed by atoms with E-state index in [9.17, 15) is 22.4 Å². The molecular formula is C28H31ClFN3O4S. The van der Waals surface area contributed by atoms with Crippen LogP contribution in [-0.4, -0.2) is 43.3 Å². The topological polar surface area (TPSA) is 86.8 Å². The highest BCUT2D eigenvalue weighted by molar-refractivity contribution is 7.92. The first kappa shape index (κ1) is 29.1.